The van der Waals surface area contributed by atoms with E-state index in [1.165, 1.54) is 0 Å². The second-order valence-electron chi connectivity index (χ2n) is 10.7. The Morgan fingerprint density at radius 1 is 0.689 bits per heavy atom. The lowest BCUT2D eigenvalue weighted by Gasteiger charge is -2.22. The average molecular weight is 613 g/mol. The molecule has 2 aliphatic carbocycles. The van der Waals surface area contributed by atoms with Crippen molar-refractivity contribution in [2.45, 2.75) is 44.9 Å². The summed E-state index contributed by atoms with van der Waals surface area (Å²) in [5.74, 6) is -0.0855. The highest BCUT2D eigenvalue weighted by molar-refractivity contribution is 5.94. The van der Waals surface area contributed by atoms with E-state index in [4.69, 9.17) is 28.4 Å². The number of fused-ring (bicyclic) bond motifs is 5. The molecule has 0 N–H and O–H groups in total. The maximum Gasteiger partial charge on any atom is 0.343 e. The molecule has 0 saturated heterocycles. The van der Waals surface area contributed by atoms with E-state index in [2.05, 4.69) is 13.2 Å². The van der Waals surface area contributed by atoms with Gasteiger partial charge in [-0.25, -0.2) is 19.2 Å². The molecular weight excluding hydrogens is 580 g/mol. The van der Waals surface area contributed by atoms with E-state index in [9.17, 15) is 19.2 Å². The molecule has 0 aromatic heterocycles. The highest BCUT2D eigenvalue weighted by Crippen LogP contribution is 2.58. The van der Waals surface area contributed by atoms with Crippen molar-refractivity contribution in [1.29, 1.82) is 0 Å². The van der Waals surface area contributed by atoms with E-state index in [-0.39, 0.29) is 25.4 Å². The second kappa shape index (κ2) is 13.5. The number of ether oxygens (including phenoxy) is 6. The summed E-state index contributed by atoms with van der Waals surface area (Å²) in [7, 11) is 0. The molecule has 0 heterocycles. The van der Waals surface area contributed by atoms with Crippen molar-refractivity contribution in [3.63, 3.8) is 0 Å². The van der Waals surface area contributed by atoms with Gasteiger partial charge >= 0.3 is 23.9 Å². The van der Waals surface area contributed by atoms with E-state index in [1.807, 2.05) is 0 Å². The smallest absolute Gasteiger partial charge is 0.343 e. The number of esters is 4. The molecule has 0 spiro atoms. The van der Waals surface area contributed by atoms with E-state index >= 15 is 0 Å². The van der Waals surface area contributed by atoms with Gasteiger partial charge in [-0.05, 0) is 105 Å². The van der Waals surface area contributed by atoms with Crippen molar-refractivity contribution in [3.05, 3.63) is 107 Å². The zero-order valence-corrected chi connectivity index (χ0v) is 25.0. The summed E-state index contributed by atoms with van der Waals surface area (Å²) >= 11 is 0. The number of benzene rings is 3. The predicted molar refractivity (Wildman–Crippen MR) is 162 cm³/mol. The molecule has 3 aromatic rings. The van der Waals surface area contributed by atoms with Crippen molar-refractivity contribution in [2.24, 2.45) is 0 Å². The summed E-state index contributed by atoms with van der Waals surface area (Å²) < 4.78 is 32.3. The number of carbonyl (C=O) groups excluding carboxylic acids is 4. The monoisotopic (exact) mass is 612 g/mol. The molecule has 0 amide bonds. The van der Waals surface area contributed by atoms with E-state index < -0.39 is 23.9 Å². The Kier molecular flexibility index (Phi) is 9.32. The Balaban J connectivity index is 1.29. The summed E-state index contributed by atoms with van der Waals surface area (Å²) in [6.45, 7) is 9.60. The van der Waals surface area contributed by atoms with Crippen LogP contribution in [0.15, 0.2) is 73.8 Å². The lowest BCUT2D eigenvalue weighted by Crippen LogP contribution is -2.15. The van der Waals surface area contributed by atoms with Gasteiger partial charge in [0.15, 0.2) is 0 Å². The molecule has 45 heavy (non-hydrogen) atoms. The first-order valence-corrected chi connectivity index (χ1v) is 14.3. The quantitative estimate of drug-likeness (QED) is 0.101. The van der Waals surface area contributed by atoms with Crippen LogP contribution in [-0.4, -0.2) is 37.5 Å². The van der Waals surface area contributed by atoms with Gasteiger partial charge in [-0.3, -0.25) is 0 Å². The number of aryl methyl sites for hydroxylation is 2. The molecule has 1 saturated carbocycles. The first kappa shape index (κ1) is 31.1. The van der Waals surface area contributed by atoms with Gasteiger partial charge in [0, 0.05) is 23.3 Å². The maximum atomic E-state index is 13.3. The normalized spacial score (nSPS) is 15.8. The average Bonchev–Trinajstić information content (AvgIpc) is 3.65. The largest absolute Gasteiger partial charge is 0.457 e. The van der Waals surface area contributed by atoms with Crippen LogP contribution in [0.2, 0.25) is 0 Å². The number of hydrogen-bond acceptors (Lipinski definition) is 10. The first-order valence-electron chi connectivity index (χ1n) is 14.3. The molecular formula is C35H32O10. The van der Waals surface area contributed by atoms with Crippen molar-refractivity contribution in [2.75, 3.05) is 13.6 Å². The molecule has 0 aliphatic heterocycles. The Morgan fingerprint density at radius 2 is 1.11 bits per heavy atom. The van der Waals surface area contributed by atoms with Crippen LogP contribution in [0.1, 0.15) is 74.1 Å². The number of carbonyl (C=O) groups is 4. The van der Waals surface area contributed by atoms with Crippen LogP contribution >= 0.6 is 0 Å². The molecule has 10 nitrogen and oxygen atoms in total. The van der Waals surface area contributed by atoms with Crippen LogP contribution in [0.4, 0.5) is 0 Å². The SMILES string of the molecule is C=CC(=O)OCOc1ccc(C(=O)Oc2ccc(OC(=O)c3ccc(OCOC(=O)C=C)cc3C)c3c2C2CCC3C2)c(C)c1. The van der Waals surface area contributed by atoms with Gasteiger partial charge in [0.2, 0.25) is 13.6 Å². The molecule has 2 aliphatic rings. The molecule has 2 atom stereocenters. The lowest BCUT2D eigenvalue weighted by molar-refractivity contribution is -0.145. The summed E-state index contributed by atoms with van der Waals surface area (Å²) in [6.07, 6.45) is 4.91. The topological polar surface area (TPSA) is 124 Å². The van der Waals surface area contributed by atoms with Gasteiger partial charge in [0.05, 0.1) is 11.1 Å². The minimum absolute atomic E-state index is 0.204. The minimum Gasteiger partial charge on any atom is -0.457 e. The van der Waals surface area contributed by atoms with Crippen LogP contribution in [0.25, 0.3) is 0 Å². The number of hydrogen-bond donors (Lipinski definition) is 0. The first-order chi connectivity index (χ1) is 21.7. The van der Waals surface area contributed by atoms with Crippen LogP contribution in [0.3, 0.4) is 0 Å². The molecule has 2 unspecified atom stereocenters. The fourth-order valence-electron chi connectivity index (χ4n) is 5.77. The van der Waals surface area contributed by atoms with Gasteiger partial charge in [-0.15, -0.1) is 0 Å². The molecule has 2 bridgehead atoms. The molecule has 3 aromatic carbocycles. The van der Waals surface area contributed by atoms with E-state index in [0.717, 1.165) is 42.5 Å². The fraction of sp³-hybridized carbons (Fsp3) is 0.257. The Labute approximate surface area is 260 Å². The minimum atomic E-state index is -0.602. The van der Waals surface area contributed by atoms with Gasteiger partial charge in [0.1, 0.15) is 23.0 Å². The maximum absolute atomic E-state index is 13.3. The summed E-state index contributed by atoms with van der Waals surface area (Å²) in [5, 5.41) is 0. The zero-order valence-electron chi connectivity index (χ0n) is 25.0. The third-order valence-corrected chi connectivity index (χ3v) is 7.88. The van der Waals surface area contributed by atoms with E-state index in [1.54, 1.807) is 62.4 Å². The third-order valence-electron chi connectivity index (χ3n) is 7.88. The van der Waals surface area contributed by atoms with Gasteiger partial charge in [-0.2, -0.15) is 0 Å². The molecule has 0 radical (unpaired) electrons. The molecule has 1 fully saturated rings. The van der Waals surface area contributed by atoms with Crippen molar-refractivity contribution in [1.82, 2.24) is 0 Å². The van der Waals surface area contributed by atoms with Crippen LogP contribution < -0.4 is 18.9 Å². The Bertz CT molecular complexity index is 1570. The van der Waals surface area contributed by atoms with Gasteiger partial charge < -0.3 is 28.4 Å². The van der Waals surface area contributed by atoms with Crippen LogP contribution in [0.5, 0.6) is 23.0 Å². The molecule has 5 rings (SSSR count). The highest BCUT2D eigenvalue weighted by Gasteiger charge is 2.42. The predicted octanol–water partition coefficient (Wildman–Crippen LogP) is 6.24. The summed E-state index contributed by atoms with van der Waals surface area (Å²) in [6, 6.07) is 13.0. The number of rotatable bonds is 12. The van der Waals surface area contributed by atoms with E-state index in [0.29, 0.717) is 45.3 Å². The van der Waals surface area contributed by atoms with Crippen LogP contribution in [0, 0.1) is 13.8 Å². The van der Waals surface area contributed by atoms with Crippen LogP contribution in [-0.2, 0) is 19.1 Å². The van der Waals surface area contributed by atoms with Crippen molar-refractivity contribution in [3.8, 4) is 23.0 Å². The third kappa shape index (κ3) is 6.90. The summed E-state index contributed by atoms with van der Waals surface area (Å²) in [4.78, 5) is 48.9. The zero-order chi connectivity index (χ0) is 32.1. The fourth-order valence-corrected chi connectivity index (χ4v) is 5.77. The highest BCUT2D eigenvalue weighted by atomic mass is 16.7. The lowest BCUT2D eigenvalue weighted by atomic mass is 9.90. The molecule has 10 heteroatoms. The van der Waals surface area contributed by atoms with Gasteiger partial charge in [0.25, 0.3) is 0 Å². The summed E-state index contributed by atoms with van der Waals surface area (Å²) in [5.41, 5.74) is 3.78. The van der Waals surface area contributed by atoms with Gasteiger partial charge in [-0.1, -0.05) is 13.2 Å². The van der Waals surface area contributed by atoms with Crippen molar-refractivity contribution >= 4 is 23.9 Å². The standard InChI is InChI=1S/C35H32O10/c1-5-30(36)42-18-40-24-9-11-26(20(3)15-24)34(38)44-28-13-14-29(33-23-8-7-22(17-23)32(28)33)45-35(39)27-12-10-25(16-21(27)4)41-19-43-31(37)6-2/h5-6,9-16,22-23H,1-2,7-8,17-19H2,3-4H3. The van der Waals surface area contributed by atoms with Crippen molar-refractivity contribution < 1.29 is 47.6 Å². The molecule has 232 valence electrons. The Hall–Kier alpha value is -5.38. The second-order valence-corrected chi connectivity index (χ2v) is 10.7. The Morgan fingerprint density at radius 3 is 1.49 bits per heavy atom.